The Labute approximate surface area is 68.8 Å². The fraction of sp³-hybridized carbons (Fsp3) is 0.778. The van der Waals surface area contributed by atoms with Crippen LogP contribution >= 0.6 is 0 Å². The molecule has 0 spiro atoms. The molecule has 64 valence electrons. The van der Waals surface area contributed by atoms with Gasteiger partial charge in [0.2, 0.25) is 0 Å². The molecule has 0 saturated carbocycles. The topological polar surface area (TPSA) is 12.5 Å². The second-order valence-electron chi connectivity index (χ2n) is 3.65. The van der Waals surface area contributed by atoms with Gasteiger partial charge in [-0.25, -0.2) is 0 Å². The Morgan fingerprint density at radius 3 is 3.00 bits per heavy atom. The van der Waals surface area contributed by atoms with Crippen LogP contribution in [0.2, 0.25) is 0 Å². The lowest BCUT2D eigenvalue weighted by Gasteiger charge is -2.26. The van der Waals surface area contributed by atoms with Crippen molar-refractivity contribution >= 4 is 0 Å². The fourth-order valence-electron chi connectivity index (χ4n) is 1.39. The summed E-state index contributed by atoms with van der Waals surface area (Å²) in [6, 6.07) is 0. The summed E-state index contributed by atoms with van der Waals surface area (Å²) in [5.74, 6) is 0. The Balaban J connectivity index is 2.58. The minimum absolute atomic E-state index is 0.144. The summed E-state index contributed by atoms with van der Waals surface area (Å²) in [5.41, 5.74) is 0.144. The zero-order valence-electron chi connectivity index (χ0n) is 7.47. The molecule has 0 aliphatic carbocycles. The first-order chi connectivity index (χ1) is 5.16. The highest BCUT2D eigenvalue weighted by Crippen LogP contribution is 2.21. The van der Waals surface area contributed by atoms with Gasteiger partial charge >= 0.3 is 0 Å². The first-order valence-electron chi connectivity index (χ1n) is 4.06. The first kappa shape index (κ1) is 8.75. The molecule has 1 fully saturated rings. The van der Waals surface area contributed by atoms with Crippen molar-refractivity contribution in [3.8, 4) is 0 Å². The molecule has 2 heteroatoms. The van der Waals surface area contributed by atoms with Gasteiger partial charge in [-0.2, -0.15) is 0 Å². The first-order valence-corrected chi connectivity index (χ1v) is 4.06. The van der Waals surface area contributed by atoms with Gasteiger partial charge in [0.05, 0.1) is 13.2 Å². The zero-order valence-corrected chi connectivity index (χ0v) is 7.47. The van der Waals surface area contributed by atoms with E-state index in [0.717, 1.165) is 26.3 Å². The van der Waals surface area contributed by atoms with Crippen LogP contribution in [0.25, 0.3) is 0 Å². The highest BCUT2D eigenvalue weighted by atomic mass is 16.5. The Kier molecular flexibility index (Phi) is 2.68. The van der Waals surface area contributed by atoms with E-state index in [-0.39, 0.29) is 5.41 Å². The number of hydrogen-bond acceptors (Lipinski definition) is 2. The molecule has 1 rings (SSSR count). The smallest absolute Gasteiger partial charge is 0.0593 e. The molecule has 0 bridgehead atoms. The molecule has 11 heavy (non-hydrogen) atoms. The van der Waals surface area contributed by atoms with Crippen molar-refractivity contribution in [3.05, 3.63) is 12.7 Å². The summed E-state index contributed by atoms with van der Waals surface area (Å²) in [7, 11) is 2.12. The molecule has 2 nitrogen and oxygen atoms in total. The van der Waals surface area contributed by atoms with Crippen LogP contribution in [-0.2, 0) is 4.74 Å². The van der Waals surface area contributed by atoms with E-state index in [0.29, 0.717) is 0 Å². The van der Waals surface area contributed by atoms with Gasteiger partial charge in [0.25, 0.3) is 0 Å². The van der Waals surface area contributed by atoms with E-state index >= 15 is 0 Å². The van der Waals surface area contributed by atoms with Crippen LogP contribution in [-0.4, -0.2) is 38.3 Å². The van der Waals surface area contributed by atoms with Crippen molar-refractivity contribution < 1.29 is 4.74 Å². The molecule has 1 saturated heterocycles. The monoisotopic (exact) mass is 155 g/mol. The van der Waals surface area contributed by atoms with Crippen LogP contribution in [0.15, 0.2) is 12.7 Å². The van der Waals surface area contributed by atoms with Crippen LogP contribution in [0.5, 0.6) is 0 Å². The Morgan fingerprint density at radius 1 is 1.64 bits per heavy atom. The van der Waals surface area contributed by atoms with Gasteiger partial charge in [0.15, 0.2) is 0 Å². The van der Waals surface area contributed by atoms with Gasteiger partial charge in [0.1, 0.15) is 0 Å². The van der Waals surface area contributed by atoms with Crippen molar-refractivity contribution in [2.45, 2.75) is 6.92 Å². The van der Waals surface area contributed by atoms with Crippen LogP contribution in [0, 0.1) is 5.41 Å². The van der Waals surface area contributed by atoms with Gasteiger partial charge in [-0.1, -0.05) is 13.0 Å². The molecule has 0 aromatic carbocycles. The number of ether oxygens (including phenoxy) is 1. The molecule has 0 amide bonds. The molecule has 0 aromatic rings. The predicted molar refractivity (Wildman–Crippen MR) is 46.6 cm³/mol. The second kappa shape index (κ2) is 3.37. The van der Waals surface area contributed by atoms with Crippen LogP contribution in [0.4, 0.5) is 0 Å². The largest absolute Gasteiger partial charge is 0.379 e. The summed E-state index contributed by atoms with van der Waals surface area (Å²) in [6.45, 7) is 9.74. The van der Waals surface area contributed by atoms with E-state index in [2.05, 4.69) is 25.5 Å². The van der Waals surface area contributed by atoms with E-state index in [4.69, 9.17) is 4.74 Å². The second-order valence-corrected chi connectivity index (χ2v) is 3.65. The third-order valence-corrected chi connectivity index (χ3v) is 2.17. The van der Waals surface area contributed by atoms with E-state index in [1.54, 1.807) is 0 Å². The quantitative estimate of drug-likeness (QED) is 0.526. The van der Waals surface area contributed by atoms with Crippen molar-refractivity contribution in [3.63, 3.8) is 0 Å². The minimum Gasteiger partial charge on any atom is -0.379 e. The van der Waals surface area contributed by atoms with E-state index in [1.807, 2.05) is 6.08 Å². The van der Waals surface area contributed by atoms with E-state index < -0.39 is 0 Å². The van der Waals surface area contributed by atoms with Gasteiger partial charge in [-0.05, 0) is 7.05 Å². The summed E-state index contributed by atoms with van der Waals surface area (Å²) in [4.78, 5) is 2.29. The Hall–Kier alpha value is -0.340. The maximum absolute atomic E-state index is 5.46. The maximum Gasteiger partial charge on any atom is 0.0593 e. The SMILES string of the molecule is C=C[C@]1(C)COCCN(C)C1. The maximum atomic E-state index is 5.46. The highest BCUT2D eigenvalue weighted by Gasteiger charge is 2.24. The zero-order chi connectivity index (χ0) is 8.32. The average Bonchev–Trinajstić information content (AvgIpc) is 2.13. The minimum atomic E-state index is 0.144. The number of nitrogens with zero attached hydrogens (tertiary/aromatic N) is 1. The summed E-state index contributed by atoms with van der Waals surface area (Å²) in [5, 5.41) is 0. The molecule has 0 N–H and O–H groups in total. The summed E-state index contributed by atoms with van der Waals surface area (Å²) < 4.78 is 5.46. The normalized spacial score (nSPS) is 34.7. The molecule has 1 atom stereocenters. The van der Waals surface area contributed by atoms with Crippen LogP contribution < -0.4 is 0 Å². The van der Waals surface area contributed by atoms with Gasteiger partial charge < -0.3 is 9.64 Å². The molecular formula is C9H17NO. The third-order valence-electron chi connectivity index (χ3n) is 2.17. The third kappa shape index (κ3) is 2.31. The Morgan fingerprint density at radius 2 is 2.36 bits per heavy atom. The van der Waals surface area contributed by atoms with Crippen LogP contribution in [0.3, 0.4) is 0 Å². The fourth-order valence-corrected chi connectivity index (χ4v) is 1.39. The van der Waals surface area contributed by atoms with Crippen molar-refractivity contribution in [1.82, 2.24) is 4.90 Å². The molecule has 0 aromatic heterocycles. The van der Waals surface area contributed by atoms with Gasteiger partial charge in [0, 0.05) is 18.5 Å². The average molecular weight is 155 g/mol. The molecule has 1 heterocycles. The number of hydrogen-bond donors (Lipinski definition) is 0. The standard InChI is InChI=1S/C9H17NO/c1-4-9(2)7-10(3)5-6-11-8-9/h4H,1,5-8H2,2-3H3/t9-/m0/s1. The lowest BCUT2D eigenvalue weighted by Crippen LogP contribution is -2.32. The molecule has 0 unspecified atom stereocenters. The highest BCUT2D eigenvalue weighted by molar-refractivity contribution is 4.94. The molecule has 1 aliphatic heterocycles. The summed E-state index contributed by atoms with van der Waals surface area (Å²) >= 11 is 0. The molecule has 0 radical (unpaired) electrons. The predicted octanol–water partition coefficient (Wildman–Crippen LogP) is 1.14. The van der Waals surface area contributed by atoms with E-state index in [1.165, 1.54) is 0 Å². The van der Waals surface area contributed by atoms with Crippen LogP contribution in [0.1, 0.15) is 6.92 Å². The van der Waals surface area contributed by atoms with Gasteiger partial charge in [-0.15, -0.1) is 6.58 Å². The van der Waals surface area contributed by atoms with E-state index in [9.17, 15) is 0 Å². The Bertz CT molecular complexity index is 146. The number of likely N-dealkylation sites (N-methyl/N-ethyl adjacent to an activating group) is 1. The molecule has 1 aliphatic rings. The lowest BCUT2D eigenvalue weighted by atomic mass is 9.92. The lowest BCUT2D eigenvalue weighted by molar-refractivity contribution is 0.102. The van der Waals surface area contributed by atoms with Crippen molar-refractivity contribution in [1.29, 1.82) is 0 Å². The van der Waals surface area contributed by atoms with Crippen molar-refractivity contribution in [2.75, 3.05) is 33.4 Å². The summed E-state index contributed by atoms with van der Waals surface area (Å²) in [6.07, 6.45) is 1.99. The number of rotatable bonds is 1. The molecular weight excluding hydrogens is 138 g/mol. The van der Waals surface area contributed by atoms with Crippen molar-refractivity contribution in [2.24, 2.45) is 5.41 Å². The van der Waals surface area contributed by atoms with Gasteiger partial charge in [-0.3, -0.25) is 0 Å².